The first-order valence-electron chi connectivity index (χ1n) is 5.78. The summed E-state index contributed by atoms with van der Waals surface area (Å²) < 4.78 is 4.77. The zero-order valence-corrected chi connectivity index (χ0v) is 10.5. The van der Waals surface area contributed by atoms with Gasteiger partial charge in [-0.1, -0.05) is 12.1 Å². The van der Waals surface area contributed by atoms with E-state index in [4.69, 9.17) is 10.5 Å². The van der Waals surface area contributed by atoms with Crippen LogP contribution in [-0.2, 0) is 9.53 Å². The number of anilines is 1. The summed E-state index contributed by atoms with van der Waals surface area (Å²) in [5, 5.41) is 0. The molecule has 0 radical (unpaired) electrons. The zero-order chi connectivity index (χ0) is 13.3. The van der Waals surface area contributed by atoms with E-state index in [1.54, 1.807) is 11.0 Å². The fourth-order valence-electron chi connectivity index (χ4n) is 2.21. The Morgan fingerprint density at radius 2 is 2.22 bits per heavy atom. The van der Waals surface area contributed by atoms with Crippen LogP contribution in [0.1, 0.15) is 22.3 Å². The number of nitrogens with two attached hydrogens (primary N) is 1. The molecule has 1 heterocycles. The molecule has 0 aromatic heterocycles. The number of methoxy groups -OCH3 is 1. The first-order chi connectivity index (χ1) is 8.54. The lowest BCUT2D eigenvalue weighted by Crippen LogP contribution is -2.29. The fourth-order valence-corrected chi connectivity index (χ4v) is 2.21. The van der Waals surface area contributed by atoms with Gasteiger partial charge in [-0.25, -0.2) is 4.79 Å². The maximum absolute atomic E-state index is 11.9. The normalized spacial score (nSPS) is 19.2. The van der Waals surface area contributed by atoms with Crippen molar-refractivity contribution in [3.8, 4) is 0 Å². The van der Waals surface area contributed by atoms with Gasteiger partial charge in [-0.15, -0.1) is 0 Å². The van der Waals surface area contributed by atoms with Gasteiger partial charge in [-0.3, -0.25) is 4.79 Å². The van der Waals surface area contributed by atoms with Crippen molar-refractivity contribution in [3.05, 3.63) is 29.3 Å². The molecule has 5 nitrogen and oxygen atoms in total. The van der Waals surface area contributed by atoms with Crippen molar-refractivity contribution in [3.63, 3.8) is 0 Å². The van der Waals surface area contributed by atoms with Crippen LogP contribution in [0.4, 0.5) is 5.69 Å². The molecule has 1 aliphatic rings. The molecule has 1 amide bonds. The molecule has 1 atom stereocenters. The Morgan fingerprint density at radius 3 is 2.78 bits per heavy atom. The summed E-state index contributed by atoms with van der Waals surface area (Å²) in [6, 6.07) is 5.20. The van der Waals surface area contributed by atoms with Crippen molar-refractivity contribution in [2.75, 3.05) is 18.6 Å². The third kappa shape index (κ3) is 2.09. The minimum Gasteiger partial charge on any atom is -0.465 e. The molecule has 1 unspecified atom stereocenters. The summed E-state index contributed by atoms with van der Waals surface area (Å²) in [7, 11) is 1.33. The molecule has 0 aliphatic carbocycles. The average molecular weight is 248 g/mol. The lowest BCUT2D eigenvalue weighted by atomic mass is 10.1. The molecular formula is C13H16N2O3. The molecule has 2 N–H and O–H groups in total. The Balaban J connectivity index is 2.48. The van der Waals surface area contributed by atoms with Crippen molar-refractivity contribution >= 4 is 17.6 Å². The summed E-state index contributed by atoms with van der Waals surface area (Å²) in [5.74, 6) is -0.491. The van der Waals surface area contributed by atoms with Crippen LogP contribution in [0.3, 0.4) is 0 Å². The molecule has 1 aliphatic heterocycles. The highest BCUT2D eigenvalue weighted by Crippen LogP contribution is 2.28. The molecule has 1 saturated heterocycles. The SMILES string of the molecule is COC(=O)c1c(C)cccc1N1CC(N)CC1=O. The van der Waals surface area contributed by atoms with Gasteiger partial charge in [0.1, 0.15) is 0 Å². The molecule has 96 valence electrons. The Morgan fingerprint density at radius 1 is 1.50 bits per heavy atom. The molecule has 2 rings (SSSR count). The van der Waals surface area contributed by atoms with Crippen molar-refractivity contribution in [1.29, 1.82) is 0 Å². The monoisotopic (exact) mass is 248 g/mol. The Bertz CT molecular complexity index is 499. The number of rotatable bonds is 2. The molecule has 1 fully saturated rings. The molecule has 1 aromatic rings. The van der Waals surface area contributed by atoms with Crippen LogP contribution in [0.15, 0.2) is 18.2 Å². The van der Waals surface area contributed by atoms with Gasteiger partial charge in [0, 0.05) is 19.0 Å². The number of hydrogen-bond acceptors (Lipinski definition) is 4. The standard InChI is InChI=1S/C13H16N2O3/c1-8-4-3-5-10(12(8)13(17)18-2)15-7-9(14)6-11(15)16/h3-5,9H,6-7,14H2,1-2H3. The van der Waals surface area contributed by atoms with Gasteiger partial charge in [-0.05, 0) is 18.6 Å². The second-order valence-corrected chi connectivity index (χ2v) is 4.43. The maximum Gasteiger partial charge on any atom is 0.340 e. The molecule has 18 heavy (non-hydrogen) atoms. The minimum atomic E-state index is -0.434. The average Bonchev–Trinajstić information content (AvgIpc) is 2.67. The lowest BCUT2D eigenvalue weighted by Gasteiger charge is -2.20. The van der Waals surface area contributed by atoms with E-state index in [-0.39, 0.29) is 11.9 Å². The number of hydrogen-bond donors (Lipinski definition) is 1. The molecule has 5 heteroatoms. The third-order valence-corrected chi connectivity index (χ3v) is 3.09. The smallest absolute Gasteiger partial charge is 0.340 e. The van der Waals surface area contributed by atoms with Crippen LogP contribution in [0.2, 0.25) is 0 Å². The van der Waals surface area contributed by atoms with Crippen molar-refractivity contribution in [2.24, 2.45) is 5.73 Å². The van der Waals surface area contributed by atoms with Crippen LogP contribution >= 0.6 is 0 Å². The quantitative estimate of drug-likeness (QED) is 0.787. The second-order valence-electron chi connectivity index (χ2n) is 4.43. The summed E-state index contributed by atoms with van der Waals surface area (Å²) in [5.41, 5.74) is 7.57. The van der Waals surface area contributed by atoms with E-state index in [0.29, 0.717) is 24.2 Å². The number of esters is 1. The Hall–Kier alpha value is -1.88. The number of amides is 1. The molecule has 0 bridgehead atoms. The molecule has 0 spiro atoms. The van der Waals surface area contributed by atoms with Gasteiger partial charge in [0.2, 0.25) is 5.91 Å². The van der Waals surface area contributed by atoms with Crippen LogP contribution in [-0.4, -0.2) is 31.6 Å². The van der Waals surface area contributed by atoms with Gasteiger partial charge < -0.3 is 15.4 Å². The van der Waals surface area contributed by atoms with Gasteiger partial charge in [0.05, 0.1) is 18.4 Å². The topological polar surface area (TPSA) is 72.6 Å². The predicted molar refractivity (Wildman–Crippen MR) is 67.5 cm³/mol. The lowest BCUT2D eigenvalue weighted by molar-refractivity contribution is -0.117. The maximum atomic E-state index is 11.9. The molecule has 1 aromatic carbocycles. The summed E-state index contributed by atoms with van der Waals surface area (Å²) in [6.45, 7) is 2.25. The summed E-state index contributed by atoms with van der Waals surface area (Å²) >= 11 is 0. The predicted octanol–water partition coefficient (Wildman–Crippen LogP) is 0.846. The second kappa shape index (κ2) is 4.78. The number of benzene rings is 1. The summed E-state index contributed by atoms with van der Waals surface area (Å²) in [4.78, 5) is 25.2. The number of carbonyl (C=O) groups is 2. The zero-order valence-electron chi connectivity index (χ0n) is 10.5. The molecule has 0 saturated carbocycles. The first-order valence-corrected chi connectivity index (χ1v) is 5.78. The van der Waals surface area contributed by atoms with Crippen molar-refractivity contribution < 1.29 is 14.3 Å². The number of ether oxygens (including phenoxy) is 1. The molecular weight excluding hydrogens is 232 g/mol. The highest BCUT2D eigenvalue weighted by atomic mass is 16.5. The van der Waals surface area contributed by atoms with E-state index in [2.05, 4.69) is 0 Å². The first kappa shape index (κ1) is 12.6. The van der Waals surface area contributed by atoms with E-state index < -0.39 is 5.97 Å². The van der Waals surface area contributed by atoms with Gasteiger partial charge >= 0.3 is 5.97 Å². The van der Waals surface area contributed by atoms with E-state index in [9.17, 15) is 9.59 Å². The fraction of sp³-hybridized carbons (Fsp3) is 0.385. The van der Waals surface area contributed by atoms with E-state index in [1.807, 2.05) is 19.1 Å². The number of aryl methyl sites for hydroxylation is 1. The van der Waals surface area contributed by atoms with Crippen LogP contribution < -0.4 is 10.6 Å². The van der Waals surface area contributed by atoms with Crippen molar-refractivity contribution in [2.45, 2.75) is 19.4 Å². The van der Waals surface area contributed by atoms with Crippen molar-refractivity contribution in [1.82, 2.24) is 0 Å². The van der Waals surface area contributed by atoms with Crippen LogP contribution in [0, 0.1) is 6.92 Å². The summed E-state index contributed by atoms with van der Waals surface area (Å²) in [6.07, 6.45) is 0.314. The highest BCUT2D eigenvalue weighted by molar-refractivity contribution is 6.04. The van der Waals surface area contributed by atoms with Gasteiger partial charge in [0.15, 0.2) is 0 Å². The largest absolute Gasteiger partial charge is 0.465 e. The number of nitrogens with zero attached hydrogens (tertiary/aromatic N) is 1. The van der Waals surface area contributed by atoms with Gasteiger partial charge in [-0.2, -0.15) is 0 Å². The van der Waals surface area contributed by atoms with E-state index in [1.165, 1.54) is 7.11 Å². The highest BCUT2D eigenvalue weighted by Gasteiger charge is 2.31. The van der Waals surface area contributed by atoms with E-state index >= 15 is 0 Å². The van der Waals surface area contributed by atoms with E-state index in [0.717, 1.165) is 5.56 Å². The van der Waals surface area contributed by atoms with Crippen LogP contribution in [0.5, 0.6) is 0 Å². The minimum absolute atomic E-state index is 0.0572. The Kier molecular flexibility index (Phi) is 3.34. The third-order valence-electron chi connectivity index (χ3n) is 3.09. The van der Waals surface area contributed by atoms with Crippen LogP contribution in [0.25, 0.3) is 0 Å². The number of carbonyl (C=O) groups excluding carboxylic acids is 2. The Labute approximate surface area is 106 Å². The van der Waals surface area contributed by atoms with Gasteiger partial charge in [0.25, 0.3) is 0 Å².